The van der Waals surface area contributed by atoms with Crippen LogP contribution in [0.3, 0.4) is 0 Å². The monoisotopic (exact) mass is 387 g/mol. The molecule has 0 saturated heterocycles. The Morgan fingerprint density at radius 3 is 2.62 bits per heavy atom. The molecule has 0 aliphatic rings. The van der Waals surface area contributed by atoms with Gasteiger partial charge in [-0.2, -0.15) is 4.68 Å². The van der Waals surface area contributed by atoms with E-state index in [-0.39, 0.29) is 11.7 Å². The fourth-order valence-electron chi connectivity index (χ4n) is 2.50. The zero-order valence-corrected chi connectivity index (χ0v) is 16.2. The van der Waals surface area contributed by atoms with Gasteiger partial charge in [-0.1, -0.05) is 47.1 Å². The first kappa shape index (κ1) is 18.4. The maximum atomic E-state index is 12.2. The highest BCUT2D eigenvalue weighted by Crippen LogP contribution is 2.24. The number of aromatic nitrogens is 4. The van der Waals surface area contributed by atoms with Gasteiger partial charge < -0.3 is 5.32 Å². The van der Waals surface area contributed by atoms with Crippen molar-refractivity contribution >= 4 is 35.0 Å². The molecule has 3 aromatic rings. The number of nitrogens with zero attached hydrogens (tertiary/aromatic N) is 4. The van der Waals surface area contributed by atoms with Gasteiger partial charge in [0, 0.05) is 0 Å². The second-order valence-electron chi connectivity index (χ2n) is 5.98. The van der Waals surface area contributed by atoms with Crippen LogP contribution in [0, 0.1) is 20.8 Å². The normalized spacial score (nSPS) is 10.8. The smallest absolute Gasteiger partial charge is 0.234 e. The molecule has 26 heavy (non-hydrogen) atoms. The fourth-order valence-corrected chi connectivity index (χ4v) is 3.47. The van der Waals surface area contributed by atoms with Gasteiger partial charge in [-0.3, -0.25) is 4.79 Å². The van der Waals surface area contributed by atoms with E-state index in [1.807, 2.05) is 45.0 Å². The number of aryl methyl sites for hydroxylation is 3. The third kappa shape index (κ3) is 4.23. The van der Waals surface area contributed by atoms with Crippen molar-refractivity contribution in [3.05, 3.63) is 58.1 Å². The third-order valence-corrected chi connectivity index (χ3v) is 4.98. The average molecular weight is 388 g/mol. The maximum absolute atomic E-state index is 12.2. The van der Waals surface area contributed by atoms with Gasteiger partial charge in [-0.25, -0.2) is 0 Å². The highest BCUT2D eigenvalue weighted by Gasteiger charge is 2.14. The summed E-state index contributed by atoms with van der Waals surface area (Å²) in [4.78, 5) is 12.2. The summed E-state index contributed by atoms with van der Waals surface area (Å²) in [6.45, 7) is 5.98. The zero-order valence-electron chi connectivity index (χ0n) is 14.7. The van der Waals surface area contributed by atoms with E-state index < -0.39 is 0 Å². The van der Waals surface area contributed by atoms with E-state index in [0.29, 0.717) is 15.9 Å². The first-order chi connectivity index (χ1) is 12.4. The highest BCUT2D eigenvalue weighted by molar-refractivity contribution is 7.99. The number of rotatable bonds is 5. The van der Waals surface area contributed by atoms with Gasteiger partial charge in [0.2, 0.25) is 11.1 Å². The largest absolute Gasteiger partial charge is 0.324 e. The van der Waals surface area contributed by atoms with Crippen LogP contribution in [-0.4, -0.2) is 31.9 Å². The van der Waals surface area contributed by atoms with Crippen molar-refractivity contribution in [3.63, 3.8) is 0 Å². The Kier molecular flexibility index (Phi) is 5.58. The summed E-state index contributed by atoms with van der Waals surface area (Å²) in [6.07, 6.45) is 0. The highest BCUT2D eigenvalue weighted by atomic mass is 35.5. The molecule has 0 unspecified atom stereocenters. The summed E-state index contributed by atoms with van der Waals surface area (Å²) in [5.74, 6) is 0.00564. The first-order valence-electron chi connectivity index (χ1n) is 7.99. The van der Waals surface area contributed by atoms with Crippen molar-refractivity contribution in [2.45, 2.75) is 25.9 Å². The molecule has 0 saturated carbocycles. The van der Waals surface area contributed by atoms with Crippen LogP contribution in [-0.2, 0) is 4.79 Å². The molecule has 3 rings (SSSR count). The molecule has 1 heterocycles. The minimum atomic E-state index is -0.170. The summed E-state index contributed by atoms with van der Waals surface area (Å²) < 4.78 is 1.64. The van der Waals surface area contributed by atoms with E-state index in [0.717, 1.165) is 16.8 Å². The van der Waals surface area contributed by atoms with E-state index in [9.17, 15) is 4.79 Å². The number of benzene rings is 2. The van der Waals surface area contributed by atoms with Crippen LogP contribution in [0.2, 0.25) is 5.02 Å². The number of tetrazole rings is 1. The lowest BCUT2D eigenvalue weighted by molar-refractivity contribution is -0.113. The number of hydrogen-bond donors (Lipinski definition) is 1. The molecule has 1 aromatic heterocycles. The minimum absolute atomic E-state index is 0.170. The molecule has 0 radical (unpaired) electrons. The summed E-state index contributed by atoms with van der Waals surface area (Å²) in [5, 5.41) is 15.7. The molecule has 1 N–H and O–H groups in total. The SMILES string of the molecule is Cc1ccc(-n2nnnc2SCC(=O)Nc2ccc(C)cc2Cl)c(C)c1. The van der Waals surface area contributed by atoms with Crippen molar-refractivity contribution < 1.29 is 4.79 Å². The molecule has 8 heteroatoms. The number of carbonyl (C=O) groups is 1. The van der Waals surface area contributed by atoms with Crippen molar-refractivity contribution in [1.82, 2.24) is 20.2 Å². The average Bonchev–Trinajstić information content (AvgIpc) is 3.04. The predicted molar refractivity (Wildman–Crippen MR) is 104 cm³/mol. The van der Waals surface area contributed by atoms with Gasteiger partial charge in [0.05, 0.1) is 22.2 Å². The van der Waals surface area contributed by atoms with Gasteiger partial charge in [0.15, 0.2) is 0 Å². The van der Waals surface area contributed by atoms with Crippen LogP contribution in [0.1, 0.15) is 16.7 Å². The van der Waals surface area contributed by atoms with Gasteiger partial charge in [-0.15, -0.1) is 5.10 Å². The molecule has 0 atom stereocenters. The number of halogens is 1. The van der Waals surface area contributed by atoms with Gasteiger partial charge in [0.1, 0.15) is 0 Å². The Morgan fingerprint density at radius 1 is 1.15 bits per heavy atom. The van der Waals surface area contributed by atoms with Gasteiger partial charge in [0.25, 0.3) is 0 Å². The standard InChI is InChI=1S/C18H18ClN5OS/c1-11-5-7-16(13(3)8-11)24-18(21-22-23-24)26-10-17(25)20-15-6-4-12(2)9-14(15)19/h4-9H,10H2,1-3H3,(H,20,25). The summed E-state index contributed by atoms with van der Waals surface area (Å²) >= 11 is 7.42. The molecule has 0 aliphatic carbocycles. The van der Waals surface area contributed by atoms with E-state index >= 15 is 0 Å². The van der Waals surface area contributed by atoms with Crippen molar-refractivity contribution in [1.29, 1.82) is 0 Å². The van der Waals surface area contributed by atoms with Crippen LogP contribution >= 0.6 is 23.4 Å². The lowest BCUT2D eigenvalue weighted by Crippen LogP contribution is -2.15. The molecule has 1 amide bonds. The Morgan fingerprint density at radius 2 is 1.88 bits per heavy atom. The fraction of sp³-hybridized carbons (Fsp3) is 0.222. The van der Waals surface area contributed by atoms with Gasteiger partial charge >= 0.3 is 0 Å². The molecular formula is C18H18ClN5OS. The number of thioether (sulfide) groups is 1. The lowest BCUT2D eigenvalue weighted by atomic mass is 10.1. The quantitative estimate of drug-likeness (QED) is 0.670. The molecule has 0 aliphatic heterocycles. The Hall–Kier alpha value is -2.38. The van der Waals surface area contributed by atoms with E-state index in [1.54, 1.807) is 10.7 Å². The zero-order chi connectivity index (χ0) is 18.7. The van der Waals surface area contributed by atoms with Crippen LogP contribution < -0.4 is 5.32 Å². The molecule has 134 valence electrons. The van der Waals surface area contributed by atoms with Crippen molar-refractivity contribution in [2.24, 2.45) is 0 Å². The third-order valence-electron chi connectivity index (χ3n) is 3.75. The number of anilines is 1. The van der Waals surface area contributed by atoms with Crippen LogP contribution in [0.25, 0.3) is 5.69 Å². The number of hydrogen-bond acceptors (Lipinski definition) is 5. The molecule has 0 spiro atoms. The van der Waals surface area contributed by atoms with Gasteiger partial charge in [-0.05, 0) is 60.5 Å². The Labute approximate surface area is 160 Å². The molecular weight excluding hydrogens is 370 g/mol. The Bertz CT molecular complexity index is 957. The number of amides is 1. The predicted octanol–water partition coefficient (Wildman–Crippen LogP) is 3.97. The Balaban J connectivity index is 1.69. The maximum Gasteiger partial charge on any atom is 0.234 e. The molecule has 2 aromatic carbocycles. The first-order valence-corrected chi connectivity index (χ1v) is 9.35. The number of carbonyl (C=O) groups excluding carboxylic acids is 1. The molecule has 6 nitrogen and oxygen atoms in total. The second kappa shape index (κ2) is 7.88. The minimum Gasteiger partial charge on any atom is -0.324 e. The topological polar surface area (TPSA) is 72.7 Å². The van der Waals surface area contributed by atoms with E-state index in [4.69, 9.17) is 11.6 Å². The van der Waals surface area contributed by atoms with Crippen LogP contribution in [0.4, 0.5) is 5.69 Å². The van der Waals surface area contributed by atoms with Crippen molar-refractivity contribution in [2.75, 3.05) is 11.1 Å². The summed E-state index contributed by atoms with van der Waals surface area (Å²) in [5.41, 5.74) is 4.76. The van der Waals surface area contributed by atoms with Crippen molar-refractivity contribution in [3.8, 4) is 5.69 Å². The van der Waals surface area contributed by atoms with Crippen LogP contribution in [0.15, 0.2) is 41.6 Å². The second-order valence-corrected chi connectivity index (χ2v) is 7.33. The summed E-state index contributed by atoms with van der Waals surface area (Å²) in [7, 11) is 0. The summed E-state index contributed by atoms with van der Waals surface area (Å²) in [6, 6.07) is 11.5. The van der Waals surface area contributed by atoms with Crippen LogP contribution in [0.5, 0.6) is 0 Å². The molecule has 0 fully saturated rings. The number of nitrogens with one attached hydrogen (secondary N) is 1. The van der Waals surface area contributed by atoms with E-state index in [2.05, 4.69) is 26.9 Å². The molecule has 0 bridgehead atoms. The van der Waals surface area contributed by atoms with E-state index in [1.165, 1.54) is 17.3 Å². The lowest BCUT2D eigenvalue weighted by Gasteiger charge is -2.09.